The molecule has 0 saturated heterocycles. The van der Waals surface area contributed by atoms with Gasteiger partial charge in [0.25, 0.3) is 0 Å². The van der Waals surface area contributed by atoms with Crippen LogP contribution in [0.2, 0.25) is 0 Å². The van der Waals surface area contributed by atoms with Crippen LogP contribution in [-0.2, 0) is 6.54 Å². The molecule has 1 saturated carbocycles. The Bertz CT molecular complexity index is 412. The molecule has 1 aromatic rings. The molecule has 0 spiro atoms. The van der Waals surface area contributed by atoms with Gasteiger partial charge in [0.1, 0.15) is 18.4 Å². The van der Waals surface area contributed by atoms with Crippen LogP contribution in [-0.4, -0.2) is 29.2 Å². The number of hydrogen-bond donors (Lipinski definition) is 1. The third-order valence-corrected chi connectivity index (χ3v) is 3.19. The Labute approximate surface area is 113 Å². The summed E-state index contributed by atoms with van der Waals surface area (Å²) < 4.78 is 11.3. The molecule has 3 rings (SSSR count). The fourth-order valence-electron chi connectivity index (χ4n) is 1.95. The summed E-state index contributed by atoms with van der Waals surface area (Å²) in [4.78, 5) is 8.71. The van der Waals surface area contributed by atoms with Gasteiger partial charge in [-0.25, -0.2) is 4.98 Å². The molecule has 100 valence electrons. The minimum absolute atomic E-state index is 0. The molecule has 0 bridgehead atoms. The lowest BCUT2D eigenvalue weighted by Gasteiger charge is -2.13. The molecule has 2 heterocycles. The van der Waals surface area contributed by atoms with Crippen molar-refractivity contribution in [1.29, 1.82) is 0 Å². The Morgan fingerprint density at radius 1 is 1.50 bits per heavy atom. The van der Waals surface area contributed by atoms with Crippen LogP contribution in [0.15, 0.2) is 6.20 Å². The molecule has 2 aliphatic rings. The zero-order valence-electron chi connectivity index (χ0n) is 10.4. The molecule has 0 unspecified atom stereocenters. The number of fused-ring (bicyclic) bond motifs is 1. The van der Waals surface area contributed by atoms with E-state index in [-0.39, 0.29) is 18.5 Å². The number of ether oxygens (including phenoxy) is 2. The summed E-state index contributed by atoms with van der Waals surface area (Å²) in [6.45, 7) is 4.25. The van der Waals surface area contributed by atoms with Crippen molar-refractivity contribution in [1.82, 2.24) is 15.3 Å². The maximum Gasteiger partial charge on any atom is 0.240 e. The van der Waals surface area contributed by atoms with Gasteiger partial charge in [-0.3, -0.25) is 0 Å². The highest BCUT2D eigenvalue weighted by Crippen LogP contribution is 2.34. The fourth-order valence-corrected chi connectivity index (χ4v) is 1.95. The normalized spacial score (nSPS) is 19.8. The zero-order valence-corrected chi connectivity index (χ0v) is 11.2. The summed E-state index contributed by atoms with van der Waals surface area (Å²) in [6.07, 6.45) is 4.44. The zero-order chi connectivity index (χ0) is 11.7. The maximum atomic E-state index is 5.77. The van der Waals surface area contributed by atoms with E-state index in [1.165, 1.54) is 12.8 Å². The van der Waals surface area contributed by atoms with E-state index < -0.39 is 0 Å². The third-order valence-electron chi connectivity index (χ3n) is 3.19. The first-order valence-corrected chi connectivity index (χ1v) is 6.19. The van der Waals surface area contributed by atoms with Crippen LogP contribution >= 0.6 is 12.4 Å². The number of halogens is 1. The number of hydrogen-bond acceptors (Lipinski definition) is 5. The van der Waals surface area contributed by atoms with E-state index in [0.717, 1.165) is 12.2 Å². The van der Waals surface area contributed by atoms with Crippen molar-refractivity contribution in [2.45, 2.75) is 32.4 Å². The molecule has 1 aliphatic heterocycles. The first kappa shape index (κ1) is 13.4. The van der Waals surface area contributed by atoms with E-state index >= 15 is 0 Å². The van der Waals surface area contributed by atoms with E-state index in [1.807, 2.05) is 0 Å². The first-order chi connectivity index (χ1) is 8.33. The van der Waals surface area contributed by atoms with E-state index in [0.29, 0.717) is 30.8 Å². The van der Waals surface area contributed by atoms with Crippen molar-refractivity contribution in [3.05, 3.63) is 11.9 Å². The van der Waals surface area contributed by atoms with E-state index in [4.69, 9.17) is 9.47 Å². The van der Waals surface area contributed by atoms with Crippen LogP contribution < -0.4 is 14.8 Å². The minimum Gasteiger partial charge on any atom is -0.475 e. The lowest BCUT2D eigenvalue weighted by molar-refractivity contribution is 0.185. The molecule has 1 atom stereocenters. The predicted octanol–water partition coefficient (Wildman–Crippen LogP) is 1.56. The maximum absolute atomic E-state index is 5.77. The Hall–Kier alpha value is -1.07. The van der Waals surface area contributed by atoms with E-state index in [2.05, 4.69) is 22.2 Å². The highest BCUT2D eigenvalue weighted by atomic mass is 35.5. The standard InChI is InChI=1S/C12H17N3O2.ClH/c1-8(9-2-3-9)17-11-7-14-10-6-13-4-5-16-12(10)15-11;/h7-9,13H,2-6H2,1H3;1H/t8-;/m1./s1. The lowest BCUT2D eigenvalue weighted by atomic mass is 10.3. The van der Waals surface area contributed by atoms with E-state index in [1.54, 1.807) is 6.20 Å². The molecular weight excluding hydrogens is 254 g/mol. The number of nitrogens with one attached hydrogen (secondary N) is 1. The van der Waals surface area contributed by atoms with Crippen molar-refractivity contribution in [2.75, 3.05) is 13.2 Å². The molecule has 1 aliphatic carbocycles. The molecule has 0 radical (unpaired) electrons. The molecule has 0 amide bonds. The average Bonchev–Trinajstić information content (AvgIpc) is 3.16. The number of nitrogens with zero attached hydrogens (tertiary/aromatic N) is 2. The summed E-state index contributed by atoms with van der Waals surface area (Å²) in [7, 11) is 0. The van der Waals surface area contributed by atoms with Gasteiger partial charge in [-0.05, 0) is 25.7 Å². The van der Waals surface area contributed by atoms with Crippen molar-refractivity contribution in [3.8, 4) is 11.8 Å². The summed E-state index contributed by atoms with van der Waals surface area (Å²) in [5.74, 6) is 1.87. The fraction of sp³-hybridized carbons (Fsp3) is 0.667. The third kappa shape index (κ3) is 3.03. The molecule has 1 fully saturated rings. The van der Waals surface area contributed by atoms with Gasteiger partial charge in [0.05, 0.1) is 6.20 Å². The van der Waals surface area contributed by atoms with Crippen molar-refractivity contribution in [3.63, 3.8) is 0 Å². The predicted molar refractivity (Wildman–Crippen MR) is 69.3 cm³/mol. The smallest absolute Gasteiger partial charge is 0.240 e. The monoisotopic (exact) mass is 271 g/mol. The Morgan fingerprint density at radius 3 is 3.11 bits per heavy atom. The molecule has 0 aromatic carbocycles. The first-order valence-electron chi connectivity index (χ1n) is 6.19. The molecular formula is C12H18ClN3O2. The van der Waals surface area contributed by atoms with Gasteiger partial charge < -0.3 is 14.8 Å². The topological polar surface area (TPSA) is 56.3 Å². The van der Waals surface area contributed by atoms with E-state index in [9.17, 15) is 0 Å². The minimum atomic E-state index is 0. The van der Waals surface area contributed by atoms with Crippen LogP contribution in [0.4, 0.5) is 0 Å². The van der Waals surface area contributed by atoms with Gasteiger partial charge >= 0.3 is 0 Å². The van der Waals surface area contributed by atoms with Crippen molar-refractivity contribution in [2.24, 2.45) is 5.92 Å². The van der Waals surface area contributed by atoms with Gasteiger partial charge in [-0.2, -0.15) is 4.98 Å². The average molecular weight is 272 g/mol. The Balaban J connectivity index is 0.00000120. The summed E-state index contributed by atoms with van der Waals surface area (Å²) in [5.41, 5.74) is 0.855. The van der Waals surface area contributed by atoms with Crippen molar-refractivity contribution >= 4 is 12.4 Å². The van der Waals surface area contributed by atoms with Gasteiger partial charge in [-0.1, -0.05) is 0 Å². The van der Waals surface area contributed by atoms with Crippen LogP contribution in [0.1, 0.15) is 25.5 Å². The molecule has 18 heavy (non-hydrogen) atoms. The second-order valence-corrected chi connectivity index (χ2v) is 4.65. The lowest BCUT2D eigenvalue weighted by Crippen LogP contribution is -2.16. The number of aromatic nitrogens is 2. The SMILES string of the molecule is C[C@@H](Oc1cnc2c(n1)OCCNC2)C1CC1.Cl. The highest BCUT2D eigenvalue weighted by Gasteiger charge is 2.30. The Kier molecular flexibility index (Phi) is 4.24. The van der Waals surface area contributed by atoms with Gasteiger partial charge in [0.2, 0.25) is 11.8 Å². The van der Waals surface area contributed by atoms with Gasteiger partial charge in [0, 0.05) is 13.1 Å². The molecule has 6 heteroatoms. The van der Waals surface area contributed by atoms with Crippen LogP contribution in [0, 0.1) is 5.92 Å². The largest absolute Gasteiger partial charge is 0.475 e. The molecule has 1 N–H and O–H groups in total. The van der Waals surface area contributed by atoms with Gasteiger partial charge in [-0.15, -0.1) is 12.4 Å². The number of rotatable bonds is 3. The highest BCUT2D eigenvalue weighted by molar-refractivity contribution is 5.85. The Morgan fingerprint density at radius 2 is 2.33 bits per heavy atom. The van der Waals surface area contributed by atoms with Crippen molar-refractivity contribution < 1.29 is 9.47 Å². The van der Waals surface area contributed by atoms with Crippen LogP contribution in [0.3, 0.4) is 0 Å². The summed E-state index contributed by atoms with van der Waals surface area (Å²) in [5, 5.41) is 3.22. The summed E-state index contributed by atoms with van der Waals surface area (Å²) in [6, 6.07) is 0. The van der Waals surface area contributed by atoms with Crippen LogP contribution in [0.25, 0.3) is 0 Å². The second kappa shape index (κ2) is 5.71. The second-order valence-electron chi connectivity index (χ2n) is 4.65. The quantitative estimate of drug-likeness (QED) is 0.904. The molecule has 1 aromatic heterocycles. The summed E-state index contributed by atoms with van der Waals surface area (Å²) >= 11 is 0. The molecule has 5 nitrogen and oxygen atoms in total. The van der Waals surface area contributed by atoms with Crippen LogP contribution in [0.5, 0.6) is 11.8 Å². The van der Waals surface area contributed by atoms with Gasteiger partial charge in [0.15, 0.2) is 0 Å².